The number of anilines is 4. The lowest BCUT2D eigenvalue weighted by molar-refractivity contribution is -0.0822. The number of benzene rings is 1. The number of nitrogens with two attached hydrogens (primary N) is 1. The fraction of sp³-hybridized carbons (Fsp3) is 0.375. The fourth-order valence-electron chi connectivity index (χ4n) is 4.06. The maximum atomic E-state index is 10.8. The summed E-state index contributed by atoms with van der Waals surface area (Å²) in [5.74, 6) is 7.25. The Morgan fingerprint density at radius 3 is 2.86 bits per heavy atom. The average molecular weight is 478 g/mol. The molecular formula is C24H27N7O4. The number of nitrogens with zero attached hydrogens (tertiary/aromatic N) is 5. The Morgan fingerprint density at radius 2 is 2.14 bits per heavy atom. The van der Waals surface area contributed by atoms with Gasteiger partial charge in [-0.3, -0.25) is 9.80 Å². The van der Waals surface area contributed by atoms with Crippen LogP contribution < -0.4 is 16.0 Å². The number of hydrogen-bond acceptors (Lipinski definition) is 11. The second-order valence-corrected chi connectivity index (χ2v) is 8.76. The summed E-state index contributed by atoms with van der Waals surface area (Å²) >= 11 is 0. The molecule has 0 saturated carbocycles. The number of hydrogen-bond donors (Lipinski definition) is 4. The highest BCUT2D eigenvalue weighted by molar-refractivity contribution is 5.82. The van der Waals surface area contributed by atoms with Crippen LogP contribution in [-0.2, 0) is 10.3 Å². The van der Waals surface area contributed by atoms with Crippen molar-refractivity contribution in [2.75, 3.05) is 42.2 Å². The van der Waals surface area contributed by atoms with Crippen LogP contribution >= 0.6 is 0 Å². The lowest BCUT2D eigenvalue weighted by Crippen LogP contribution is -2.56. The number of β-amino-alcohol motifs (C(OH)–C–C–N with tert-alkyl or cyclic N) is 1. The van der Waals surface area contributed by atoms with Crippen LogP contribution in [0.15, 0.2) is 41.1 Å². The van der Waals surface area contributed by atoms with Crippen LogP contribution in [0, 0.1) is 18.8 Å². The maximum absolute atomic E-state index is 10.8. The summed E-state index contributed by atoms with van der Waals surface area (Å²) < 4.78 is 11.4. The minimum Gasteiger partial charge on any atom is -0.395 e. The topological polar surface area (TPSA) is 146 Å². The van der Waals surface area contributed by atoms with E-state index >= 15 is 0 Å². The Labute approximate surface area is 202 Å². The first kappa shape index (κ1) is 23.1. The molecule has 3 aromatic rings. The third kappa shape index (κ3) is 4.78. The van der Waals surface area contributed by atoms with Crippen LogP contribution in [0.5, 0.6) is 0 Å². The molecule has 2 atom stereocenters. The highest BCUT2D eigenvalue weighted by Gasteiger charge is 2.37. The van der Waals surface area contributed by atoms with E-state index in [1.165, 1.54) is 0 Å². The van der Waals surface area contributed by atoms with Gasteiger partial charge in [-0.15, -0.1) is 0 Å². The van der Waals surface area contributed by atoms with Gasteiger partial charge in [-0.25, -0.2) is 4.98 Å². The molecule has 11 nitrogen and oxygen atoms in total. The predicted octanol–water partition coefficient (Wildman–Crippen LogP) is 1.15. The van der Waals surface area contributed by atoms with Crippen LogP contribution in [0.4, 0.5) is 23.1 Å². The van der Waals surface area contributed by atoms with E-state index in [-0.39, 0.29) is 18.7 Å². The number of nitrogens with one attached hydrogen (secondary N) is 1. The van der Waals surface area contributed by atoms with E-state index in [0.29, 0.717) is 29.4 Å². The Hall–Kier alpha value is -3.69. The van der Waals surface area contributed by atoms with E-state index in [1.807, 2.05) is 23.1 Å². The number of fused-ring (bicyclic) bond motifs is 1. The van der Waals surface area contributed by atoms with Crippen molar-refractivity contribution in [2.24, 2.45) is 0 Å². The van der Waals surface area contributed by atoms with Crippen molar-refractivity contribution >= 4 is 23.1 Å². The third-order valence-corrected chi connectivity index (χ3v) is 5.92. The van der Waals surface area contributed by atoms with E-state index in [4.69, 9.17) is 20.1 Å². The summed E-state index contributed by atoms with van der Waals surface area (Å²) in [6.45, 7) is 5.56. The van der Waals surface area contributed by atoms with Gasteiger partial charge < -0.3 is 30.5 Å². The summed E-state index contributed by atoms with van der Waals surface area (Å²) in [5.41, 5.74) is 7.10. The average Bonchev–Trinajstić information content (AvgIpc) is 3.40. The Kier molecular flexibility index (Phi) is 6.04. The SMILES string of the molecule is Cc1cc(C(C)(O)C#Cc2ccc3c(c2)N(c2ccnc(N)n2)C(OC2CN(CCO)C2)N3)no1. The molecule has 5 rings (SSSR count). The van der Waals surface area contributed by atoms with Gasteiger partial charge in [0.25, 0.3) is 0 Å². The molecule has 35 heavy (non-hydrogen) atoms. The molecule has 2 aromatic heterocycles. The van der Waals surface area contributed by atoms with E-state index in [2.05, 4.69) is 37.2 Å². The number of likely N-dealkylation sites (tertiary alicyclic amines) is 1. The van der Waals surface area contributed by atoms with Crippen molar-refractivity contribution in [3.63, 3.8) is 0 Å². The lowest BCUT2D eigenvalue weighted by Gasteiger charge is -2.41. The van der Waals surface area contributed by atoms with Gasteiger partial charge in [0.2, 0.25) is 12.3 Å². The second-order valence-electron chi connectivity index (χ2n) is 8.76. The number of nitrogen functional groups attached to an aromatic ring is 1. The molecule has 1 fully saturated rings. The molecule has 11 heteroatoms. The maximum Gasteiger partial charge on any atom is 0.221 e. The normalized spacial score (nSPS) is 19.3. The largest absolute Gasteiger partial charge is 0.395 e. The van der Waals surface area contributed by atoms with Gasteiger partial charge in [-0.2, -0.15) is 4.98 Å². The number of aryl methyl sites for hydroxylation is 1. The van der Waals surface area contributed by atoms with Gasteiger partial charge in [0.05, 0.1) is 24.1 Å². The Bertz CT molecular complexity index is 1280. The summed E-state index contributed by atoms with van der Waals surface area (Å²) in [5, 5.41) is 27.2. The minimum absolute atomic E-state index is 0.00956. The van der Waals surface area contributed by atoms with Crippen molar-refractivity contribution in [1.82, 2.24) is 20.0 Å². The molecule has 2 aliphatic heterocycles. The van der Waals surface area contributed by atoms with Crippen LogP contribution in [0.3, 0.4) is 0 Å². The van der Waals surface area contributed by atoms with Crippen LogP contribution in [0.1, 0.15) is 23.9 Å². The minimum atomic E-state index is -1.47. The van der Waals surface area contributed by atoms with Crippen LogP contribution in [-0.4, -0.2) is 68.9 Å². The molecular weight excluding hydrogens is 450 g/mol. The lowest BCUT2D eigenvalue weighted by atomic mass is 10.0. The number of rotatable bonds is 6. The summed E-state index contributed by atoms with van der Waals surface area (Å²) in [6, 6.07) is 9.10. The van der Waals surface area contributed by atoms with Crippen molar-refractivity contribution in [1.29, 1.82) is 0 Å². The molecule has 0 radical (unpaired) electrons. The molecule has 182 valence electrons. The van der Waals surface area contributed by atoms with Crippen molar-refractivity contribution in [3.05, 3.63) is 53.5 Å². The molecule has 5 N–H and O–H groups in total. The molecule has 0 spiro atoms. The standard InChI is InChI=1S/C24H27N7O4/c1-15-11-20(29-35-15)24(2,33)7-5-16-3-4-18-19(12-16)31(21-6-8-26-22(25)28-21)23(27-18)34-17-13-30(14-17)9-10-32/h3-4,6,8,11-12,17,23,27,32-33H,9-10,13-14H2,1-2H3,(H2,25,26,28). The van der Waals surface area contributed by atoms with Gasteiger partial charge in [0.1, 0.15) is 17.3 Å². The zero-order valence-corrected chi connectivity index (χ0v) is 19.5. The number of aromatic nitrogens is 3. The van der Waals surface area contributed by atoms with E-state index in [9.17, 15) is 5.11 Å². The second kappa shape index (κ2) is 9.16. The summed E-state index contributed by atoms with van der Waals surface area (Å²) in [4.78, 5) is 12.4. The highest BCUT2D eigenvalue weighted by Crippen LogP contribution is 2.41. The quantitative estimate of drug-likeness (QED) is 0.379. The summed E-state index contributed by atoms with van der Waals surface area (Å²) in [6.07, 6.45) is 1.10. The van der Waals surface area contributed by atoms with Gasteiger partial charge in [-0.1, -0.05) is 17.0 Å². The van der Waals surface area contributed by atoms with Gasteiger partial charge >= 0.3 is 0 Å². The molecule has 0 bridgehead atoms. The first-order valence-electron chi connectivity index (χ1n) is 11.3. The predicted molar refractivity (Wildman–Crippen MR) is 129 cm³/mol. The van der Waals surface area contributed by atoms with E-state index in [0.717, 1.165) is 24.5 Å². The van der Waals surface area contributed by atoms with E-state index in [1.54, 1.807) is 32.2 Å². The molecule has 0 amide bonds. The molecule has 2 unspecified atom stereocenters. The third-order valence-electron chi connectivity index (χ3n) is 5.92. The number of aliphatic hydroxyl groups is 2. The molecule has 0 aliphatic carbocycles. The van der Waals surface area contributed by atoms with Crippen molar-refractivity contribution < 1.29 is 19.5 Å². The monoisotopic (exact) mass is 477 g/mol. The summed E-state index contributed by atoms with van der Waals surface area (Å²) in [7, 11) is 0. The fourth-order valence-corrected chi connectivity index (χ4v) is 4.06. The Morgan fingerprint density at radius 1 is 1.31 bits per heavy atom. The number of aliphatic hydroxyl groups excluding tert-OH is 1. The van der Waals surface area contributed by atoms with Crippen LogP contribution in [0.2, 0.25) is 0 Å². The molecule has 4 heterocycles. The highest BCUT2D eigenvalue weighted by atomic mass is 16.5. The first-order valence-corrected chi connectivity index (χ1v) is 11.3. The van der Waals surface area contributed by atoms with Gasteiger partial charge in [0, 0.05) is 37.5 Å². The van der Waals surface area contributed by atoms with Gasteiger partial charge in [-0.05, 0) is 38.1 Å². The molecule has 1 aromatic carbocycles. The zero-order valence-electron chi connectivity index (χ0n) is 19.5. The number of ether oxygens (including phenoxy) is 1. The smallest absolute Gasteiger partial charge is 0.221 e. The molecule has 2 aliphatic rings. The van der Waals surface area contributed by atoms with Crippen LogP contribution in [0.25, 0.3) is 0 Å². The van der Waals surface area contributed by atoms with Gasteiger partial charge in [0.15, 0.2) is 5.60 Å². The zero-order chi connectivity index (χ0) is 24.6. The first-order chi connectivity index (χ1) is 16.8. The molecule has 1 saturated heterocycles. The van der Waals surface area contributed by atoms with E-state index < -0.39 is 12.0 Å². The van der Waals surface area contributed by atoms with Crippen molar-refractivity contribution in [2.45, 2.75) is 31.9 Å². The van der Waals surface area contributed by atoms with Crippen molar-refractivity contribution in [3.8, 4) is 11.8 Å². The Balaban J connectivity index is 1.42.